The molecule has 2 aliphatic heterocycles. The first kappa shape index (κ1) is 21.3. The van der Waals surface area contributed by atoms with Gasteiger partial charge in [0.05, 0.1) is 12.6 Å². The van der Waals surface area contributed by atoms with E-state index in [1.54, 1.807) is 14.0 Å². The summed E-state index contributed by atoms with van der Waals surface area (Å²) >= 11 is 0. The van der Waals surface area contributed by atoms with Crippen LogP contribution in [0.3, 0.4) is 0 Å². The van der Waals surface area contributed by atoms with Crippen LogP contribution in [0, 0.1) is 5.92 Å². The highest BCUT2D eigenvalue weighted by atomic mass is 16.5. The molecule has 0 spiro atoms. The SMILES string of the molecule is CC(C)CCNC(=O)C1(C)Cn2nc(C(=O)NCC3CCCO3)cc2C(=O)N1C. The largest absolute Gasteiger partial charge is 0.376 e. The van der Waals surface area contributed by atoms with Crippen LogP contribution in [-0.2, 0) is 16.1 Å². The van der Waals surface area contributed by atoms with Gasteiger partial charge in [-0.2, -0.15) is 5.10 Å². The van der Waals surface area contributed by atoms with Crippen LogP contribution in [0.15, 0.2) is 6.07 Å². The Morgan fingerprint density at radius 3 is 2.79 bits per heavy atom. The Kier molecular flexibility index (Phi) is 6.26. The van der Waals surface area contributed by atoms with E-state index in [4.69, 9.17) is 4.74 Å². The van der Waals surface area contributed by atoms with Crippen LogP contribution < -0.4 is 10.6 Å². The zero-order chi connectivity index (χ0) is 21.2. The molecule has 0 bridgehead atoms. The van der Waals surface area contributed by atoms with E-state index >= 15 is 0 Å². The van der Waals surface area contributed by atoms with Gasteiger partial charge in [-0.1, -0.05) is 13.8 Å². The molecule has 1 aromatic rings. The van der Waals surface area contributed by atoms with E-state index in [0.29, 0.717) is 24.7 Å². The van der Waals surface area contributed by atoms with Gasteiger partial charge in [0.2, 0.25) is 5.91 Å². The summed E-state index contributed by atoms with van der Waals surface area (Å²) in [4.78, 5) is 39.6. The Morgan fingerprint density at radius 1 is 1.38 bits per heavy atom. The minimum absolute atomic E-state index is 0.0294. The van der Waals surface area contributed by atoms with Crippen LogP contribution in [0.25, 0.3) is 0 Å². The third-order valence-corrected chi connectivity index (χ3v) is 5.74. The van der Waals surface area contributed by atoms with Crippen molar-refractivity contribution in [2.75, 3.05) is 26.7 Å². The lowest BCUT2D eigenvalue weighted by Crippen LogP contribution is -2.62. The second-order valence-corrected chi connectivity index (χ2v) is 8.49. The van der Waals surface area contributed by atoms with E-state index in [1.165, 1.54) is 15.6 Å². The van der Waals surface area contributed by atoms with Gasteiger partial charge in [0.1, 0.15) is 11.2 Å². The van der Waals surface area contributed by atoms with E-state index < -0.39 is 5.54 Å². The van der Waals surface area contributed by atoms with E-state index in [0.717, 1.165) is 25.9 Å². The maximum atomic E-state index is 12.9. The summed E-state index contributed by atoms with van der Waals surface area (Å²) in [6.07, 6.45) is 2.81. The topological polar surface area (TPSA) is 106 Å². The molecule has 3 heterocycles. The number of rotatable bonds is 7. The zero-order valence-corrected chi connectivity index (χ0v) is 17.7. The summed E-state index contributed by atoms with van der Waals surface area (Å²) in [7, 11) is 1.61. The number of carbonyl (C=O) groups excluding carboxylic acids is 3. The zero-order valence-electron chi connectivity index (χ0n) is 17.7. The predicted octanol–water partition coefficient (Wildman–Crippen LogP) is 0.799. The molecule has 2 aliphatic rings. The summed E-state index contributed by atoms with van der Waals surface area (Å²) in [5.41, 5.74) is -0.593. The average Bonchev–Trinajstić information content (AvgIpc) is 3.33. The molecule has 2 unspecified atom stereocenters. The fraction of sp³-hybridized carbons (Fsp3) is 0.700. The van der Waals surface area contributed by atoms with Crippen LogP contribution >= 0.6 is 0 Å². The molecule has 1 saturated heterocycles. The van der Waals surface area contributed by atoms with Gasteiger partial charge in [0.25, 0.3) is 11.8 Å². The molecule has 1 aromatic heterocycles. The second kappa shape index (κ2) is 8.52. The Labute approximate surface area is 171 Å². The predicted molar refractivity (Wildman–Crippen MR) is 106 cm³/mol. The van der Waals surface area contributed by atoms with Gasteiger partial charge < -0.3 is 20.3 Å². The Hall–Kier alpha value is -2.42. The lowest BCUT2D eigenvalue weighted by atomic mass is 9.95. The molecule has 9 heteroatoms. The maximum absolute atomic E-state index is 12.9. The summed E-state index contributed by atoms with van der Waals surface area (Å²) in [6.45, 7) is 7.78. The second-order valence-electron chi connectivity index (χ2n) is 8.49. The van der Waals surface area contributed by atoms with Crippen molar-refractivity contribution in [3.8, 4) is 0 Å². The third-order valence-electron chi connectivity index (χ3n) is 5.74. The number of hydrogen-bond donors (Lipinski definition) is 2. The van der Waals surface area contributed by atoms with Gasteiger partial charge in [-0.05, 0) is 32.1 Å². The molecular weight excluding hydrogens is 374 g/mol. The highest BCUT2D eigenvalue weighted by Gasteiger charge is 2.46. The van der Waals surface area contributed by atoms with Crippen molar-refractivity contribution < 1.29 is 19.1 Å². The van der Waals surface area contributed by atoms with E-state index in [1.807, 2.05) is 0 Å². The highest BCUT2D eigenvalue weighted by Crippen LogP contribution is 2.26. The molecule has 1 fully saturated rings. The van der Waals surface area contributed by atoms with Gasteiger partial charge >= 0.3 is 0 Å². The fourth-order valence-electron chi connectivity index (χ4n) is 3.61. The summed E-state index contributed by atoms with van der Waals surface area (Å²) in [5.74, 6) is -0.425. The van der Waals surface area contributed by atoms with Crippen molar-refractivity contribution in [1.29, 1.82) is 0 Å². The fourth-order valence-corrected chi connectivity index (χ4v) is 3.61. The first-order valence-electron chi connectivity index (χ1n) is 10.3. The molecule has 3 rings (SSSR count). The monoisotopic (exact) mass is 405 g/mol. The third kappa shape index (κ3) is 4.44. The van der Waals surface area contributed by atoms with Crippen LogP contribution in [0.1, 0.15) is 61.0 Å². The first-order chi connectivity index (χ1) is 13.7. The molecular formula is C20H31N5O4. The molecule has 0 aromatic carbocycles. The number of ether oxygens (including phenoxy) is 1. The highest BCUT2D eigenvalue weighted by molar-refractivity contribution is 6.01. The van der Waals surface area contributed by atoms with Gasteiger partial charge in [-0.15, -0.1) is 0 Å². The summed E-state index contributed by atoms with van der Waals surface area (Å²) in [6, 6.07) is 1.49. The Morgan fingerprint density at radius 2 is 2.14 bits per heavy atom. The number of carbonyl (C=O) groups is 3. The van der Waals surface area contributed by atoms with Crippen molar-refractivity contribution in [2.45, 2.75) is 58.2 Å². The smallest absolute Gasteiger partial charge is 0.272 e. The molecule has 9 nitrogen and oxygen atoms in total. The Balaban J connectivity index is 1.70. The lowest BCUT2D eigenvalue weighted by Gasteiger charge is -2.40. The van der Waals surface area contributed by atoms with Crippen LogP contribution in [0.5, 0.6) is 0 Å². The van der Waals surface area contributed by atoms with Crippen molar-refractivity contribution >= 4 is 17.7 Å². The maximum Gasteiger partial charge on any atom is 0.272 e. The number of likely N-dealkylation sites (N-methyl/N-ethyl adjacent to an activating group) is 1. The molecule has 0 aliphatic carbocycles. The van der Waals surface area contributed by atoms with Gasteiger partial charge in [0, 0.05) is 32.8 Å². The quantitative estimate of drug-likeness (QED) is 0.698. The minimum atomic E-state index is -1.07. The minimum Gasteiger partial charge on any atom is -0.376 e. The van der Waals surface area contributed by atoms with Crippen LogP contribution in [0.2, 0.25) is 0 Å². The van der Waals surface area contributed by atoms with Gasteiger partial charge in [0.15, 0.2) is 5.69 Å². The summed E-state index contributed by atoms with van der Waals surface area (Å²) in [5, 5.41) is 10.0. The van der Waals surface area contributed by atoms with Crippen molar-refractivity contribution in [2.24, 2.45) is 5.92 Å². The van der Waals surface area contributed by atoms with E-state index in [-0.39, 0.29) is 36.1 Å². The lowest BCUT2D eigenvalue weighted by molar-refractivity contribution is -0.132. The number of fused-ring (bicyclic) bond motifs is 1. The molecule has 160 valence electrons. The average molecular weight is 405 g/mol. The van der Waals surface area contributed by atoms with Crippen LogP contribution in [0.4, 0.5) is 0 Å². The van der Waals surface area contributed by atoms with Gasteiger partial charge in [-0.3, -0.25) is 19.1 Å². The number of nitrogens with one attached hydrogen (secondary N) is 2. The van der Waals surface area contributed by atoms with E-state index in [2.05, 4.69) is 29.6 Å². The molecule has 0 saturated carbocycles. The number of amides is 3. The normalized spacial score (nSPS) is 24.0. The number of nitrogens with zero attached hydrogens (tertiary/aromatic N) is 3. The molecule has 3 amide bonds. The van der Waals surface area contributed by atoms with Gasteiger partial charge in [-0.25, -0.2) is 0 Å². The molecule has 2 N–H and O–H groups in total. The van der Waals surface area contributed by atoms with Crippen LogP contribution in [-0.4, -0.2) is 70.8 Å². The Bertz CT molecular complexity index is 784. The van der Waals surface area contributed by atoms with Crippen molar-refractivity contribution in [3.05, 3.63) is 17.5 Å². The molecule has 2 atom stereocenters. The summed E-state index contributed by atoms with van der Waals surface area (Å²) < 4.78 is 6.97. The first-order valence-corrected chi connectivity index (χ1v) is 10.3. The van der Waals surface area contributed by atoms with Crippen molar-refractivity contribution in [1.82, 2.24) is 25.3 Å². The number of aromatic nitrogens is 2. The van der Waals surface area contributed by atoms with E-state index in [9.17, 15) is 14.4 Å². The standard InChI is InChI=1S/C20H31N5O4/c1-13(2)7-8-21-19(28)20(3)12-25-16(18(27)24(20)4)10-15(23-25)17(26)22-11-14-6-5-9-29-14/h10,13-14H,5-9,11-12H2,1-4H3,(H,21,28)(H,22,26). The molecule has 29 heavy (non-hydrogen) atoms. The molecule has 0 radical (unpaired) electrons. The van der Waals surface area contributed by atoms with Crippen molar-refractivity contribution in [3.63, 3.8) is 0 Å². The number of hydrogen-bond acceptors (Lipinski definition) is 5.